The smallest absolute Gasteiger partial charge is 0.349 e. The third kappa shape index (κ3) is 2.83. The normalized spacial score (nSPS) is 11.3. The van der Waals surface area contributed by atoms with Crippen LogP contribution in [0.3, 0.4) is 0 Å². The first kappa shape index (κ1) is 15.9. The van der Waals surface area contributed by atoms with Crippen molar-refractivity contribution in [1.82, 2.24) is 14.6 Å². The first-order valence-electron chi connectivity index (χ1n) is 7.54. The Balaban J connectivity index is 1.58. The lowest BCUT2D eigenvalue weighted by Gasteiger charge is -2.01. The monoisotopic (exact) mass is 371 g/mol. The Morgan fingerprint density at radius 3 is 2.84 bits per heavy atom. The number of hydrogen-bond acceptors (Lipinski definition) is 7. The van der Waals surface area contributed by atoms with Crippen molar-refractivity contribution in [3.8, 4) is 0 Å². The van der Waals surface area contributed by atoms with Crippen LogP contribution in [0, 0.1) is 13.8 Å². The summed E-state index contributed by atoms with van der Waals surface area (Å²) in [6.45, 7) is 3.68. The summed E-state index contributed by atoms with van der Waals surface area (Å²) in [6, 6.07) is 9.29. The molecule has 6 nitrogen and oxygen atoms in total. The minimum Gasteiger partial charge on any atom is -0.454 e. The van der Waals surface area contributed by atoms with Gasteiger partial charge in [0.05, 0.1) is 0 Å². The number of hydrogen-bond donors (Lipinski definition) is 0. The molecule has 0 bridgehead atoms. The molecule has 0 N–H and O–H groups in total. The average molecular weight is 371 g/mol. The van der Waals surface area contributed by atoms with E-state index in [-0.39, 0.29) is 18.1 Å². The molecule has 3 aromatic heterocycles. The van der Waals surface area contributed by atoms with Gasteiger partial charge in [0.1, 0.15) is 11.5 Å². The molecule has 0 fully saturated rings. The van der Waals surface area contributed by atoms with Crippen molar-refractivity contribution in [2.75, 3.05) is 0 Å². The summed E-state index contributed by atoms with van der Waals surface area (Å²) in [7, 11) is 0. The van der Waals surface area contributed by atoms with E-state index in [4.69, 9.17) is 4.74 Å². The summed E-state index contributed by atoms with van der Waals surface area (Å²) in [5, 5.41) is 5.76. The van der Waals surface area contributed by atoms with Gasteiger partial charge in [-0.05, 0) is 30.9 Å². The van der Waals surface area contributed by atoms with E-state index in [0.717, 1.165) is 15.6 Å². The average Bonchev–Trinajstić information content (AvgIpc) is 3.14. The second-order valence-corrected chi connectivity index (χ2v) is 7.65. The molecule has 0 saturated heterocycles. The number of thiophene rings is 1. The first-order valence-corrected chi connectivity index (χ1v) is 9.18. The molecule has 0 spiro atoms. The largest absolute Gasteiger partial charge is 0.454 e. The zero-order valence-corrected chi connectivity index (χ0v) is 15.1. The molecule has 0 unspecified atom stereocenters. The van der Waals surface area contributed by atoms with E-state index in [0.29, 0.717) is 20.5 Å². The predicted molar refractivity (Wildman–Crippen MR) is 97.6 cm³/mol. The Hall–Kier alpha value is -2.58. The molecule has 1 aromatic carbocycles. The zero-order valence-electron chi connectivity index (χ0n) is 13.5. The van der Waals surface area contributed by atoms with E-state index in [1.807, 2.05) is 31.2 Å². The van der Waals surface area contributed by atoms with Crippen LogP contribution in [0.1, 0.15) is 25.9 Å². The van der Waals surface area contributed by atoms with Crippen molar-refractivity contribution in [1.29, 1.82) is 0 Å². The fourth-order valence-corrected chi connectivity index (χ4v) is 4.54. The second kappa shape index (κ2) is 6.05. The topological polar surface area (TPSA) is 73.6 Å². The molecule has 4 aromatic rings. The van der Waals surface area contributed by atoms with E-state index < -0.39 is 0 Å². The fraction of sp³-hybridized carbons (Fsp3) is 0.176. The number of aryl methyl sites for hydroxylation is 2. The summed E-state index contributed by atoms with van der Waals surface area (Å²) in [4.78, 5) is 29.7. The number of carbonyl (C=O) groups excluding carboxylic acids is 1. The summed E-state index contributed by atoms with van der Waals surface area (Å²) in [6.07, 6.45) is 0. The standard InChI is InChI=1S/C17H13N3O3S2/c1-9-7-14(21)20-17(18-9)25-13(19-20)8-23-16(22)15-10(2)11-5-3-4-6-12(11)24-15/h3-7H,8H2,1-2H3. The lowest BCUT2D eigenvalue weighted by Crippen LogP contribution is -2.14. The van der Waals surface area contributed by atoms with Crippen LogP contribution in [0.4, 0.5) is 0 Å². The Bertz CT molecular complexity index is 1170. The summed E-state index contributed by atoms with van der Waals surface area (Å²) < 4.78 is 7.68. The number of fused-ring (bicyclic) bond motifs is 2. The van der Waals surface area contributed by atoms with E-state index in [1.165, 1.54) is 33.3 Å². The van der Waals surface area contributed by atoms with Gasteiger partial charge in [0.25, 0.3) is 5.56 Å². The molecule has 0 aliphatic rings. The van der Waals surface area contributed by atoms with Crippen molar-refractivity contribution < 1.29 is 9.53 Å². The molecule has 0 atom stereocenters. The highest BCUT2D eigenvalue weighted by Crippen LogP contribution is 2.31. The summed E-state index contributed by atoms with van der Waals surface area (Å²) in [5.74, 6) is -0.380. The Morgan fingerprint density at radius 1 is 1.24 bits per heavy atom. The third-order valence-electron chi connectivity index (χ3n) is 3.77. The van der Waals surface area contributed by atoms with Crippen LogP contribution in [-0.2, 0) is 11.3 Å². The van der Waals surface area contributed by atoms with Crippen LogP contribution in [0.15, 0.2) is 35.1 Å². The van der Waals surface area contributed by atoms with E-state index in [2.05, 4.69) is 10.1 Å². The van der Waals surface area contributed by atoms with Crippen LogP contribution in [0.5, 0.6) is 0 Å². The minimum absolute atomic E-state index is 0.0129. The molecular weight excluding hydrogens is 358 g/mol. The molecule has 126 valence electrons. The Kier molecular flexibility index (Phi) is 3.85. The van der Waals surface area contributed by atoms with Gasteiger partial charge in [0.2, 0.25) is 4.96 Å². The zero-order chi connectivity index (χ0) is 17.6. The highest BCUT2D eigenvalue weighted by molar-refractivity contribution is 7.21. The van der Waals surface area contributed by atoms with Crippen molar-refractivity contribution in [3.63, 3.8) is 0 Å². The van der Waals surface area contributed by atoms with Crippen molar-refractivity contribution in [2.45, 2.75) is 20.5 Å². The van der Waals surface area contributed by atoms with Gasteiger partial charge in [-0.2, -0.15) is 9.61 Å². The number of nitrogens with zero attached hydrogens (tertiary/aromatic N) is 3. The maximum Gasteiger partial charge on any atom is 0.349 e. The van der Waals surface area contributed by atoms with Crippen LogP contribution in [-0.4, -0.2) is 20.6 Å². The molecule has 0 radical (unpaired) electrons. The molecule has 0 aliphatic heterocycles. The van der Waals surface area contributed by atoms with E-state index in [1.54, 1.807) is 6.92 Å². The number of esters is 1. The lowest BCUT2D eigenvalue weighted by molar-refractivity contribution is 0.0476. The number of ether oxygens (including phenoxy) is 1. The van der Waals surface area contributed by atoms with Gasteiger partial charge in [0, 0.05) is 16.5 Å². The lowest BCUT2D eigenvalue weighted by atomic mass is 10.1. The van der Waals surface area contributed by atoms with Gasteiger partial charge in [-0.1, -0.05) is 29.5 Å². The second-order valence-electron chi connectivity index (χ2n) is 5.55. The third-order valence-corrected chi connectivity index (χ3v) is 5.91. The molecule has 0 aliphatic carbocycles. The van der Waals surface area contributed by atoms with Crippen molar-refractivity contribution in [3.05, 3.63) is 61.8 Å². The Labute approximate surface area is 150 Å². The molecular formula is C17H13N3O3S2. The maximum atomic E-state index is 12.4. The van der Waals surface area contributed by atoms with Crippen LogP contribution >= 0.6 is 22.7 Å². The SMILES string of the molecule is Cc1cc(=O)n2nc(COC(=O)c3sc4ccccc4c3C)sc2n1. The number of carbonyl (C=O) groups is 1. The van der Waals surface area contributed by atoms with Crippen LogP contribution in [0.2, 0.25) is 0 Å². The van der Waals surface area contributed by atoms with Crippen LogP contribution in [0.25, 0.3) is 15.0 Å². The predicted octanol–water partition coefficient (Wildman–Crippen LogP) is 3.34. The minimum atomic E-state index is -0.380. The van der Waals surface area contributed by atoms with Crippen molar-refractivity contribution >= 4 is 43.7 Å². The molecule has 0 amide bonds. The quantitative estimate of drug-likeness (QED) is 0.517. The Morgan fingerprint density at radius 2 is 2.04 bits per heavy atom. The highest BCUT2D eigenvalue weighted by atomic mass is 32.1. The number of rotatable bonds is 3. The molecule has 3 heterocycles. The fourth-order valence-electron chi connectivity index (χ4n) is 2.58. The first-order chi connectivity index (χ1) is 12.0. The van der Waals surface area contributed by atoms with Gasteiger partial charge in [-0.15, -0.1) is 11.3 Å². The van der Waals surface area contributed by atoms with Gasteiger partial charge >= 0.3 is 5.97 Å². The van der Waals surface area contributed by atoms with E-state index >= 15 is 0 Å². The summed E-state index contributed by atoms with van der Waals surface area (Å²) >= 11 is 2.66. The van der Waals surface area contributed by atoms with Gasteiger partial charge < -0.3 is 4.74 Å². The van der Waals surface area contributed by atoms with Gasteiger partial charge in [-0.25, -0.2) is 9.78 Å². The molecule has 8 heteroatoms. The molecule has 25 heavy (non-hydrogen) atoms. The van der Waals surface area contributed by atoms with E-state index in [9.17, 15) is 9.59 Å². The van der Waals surface area contributed by atoms with Crippen LogP contribution < -0.4 is 5.56 Å². The van der Waals surface area contributed by atoms with Gasteiger partial charge in [0.15, 0.2) is 5.01 Å². The summed E-state index contributed by atoms with van der Waals surface area (Å²) in [5.41, 5.74) is 1.32. The maximum absolute atomic E-state index is 12.4. The molecule has 0 saturated carbocycles. The number of aromatic nitrogens is 3. The number of benzene rings is 1. The highest BCUT2D eigenvalue weighted by Gasteiger charge is 2.17. The van der Waals surface area contributed by atoms with Gasteiger partial charge in [-0.3, -0.25) is 4.79 Å². The van der Waals surface area contributed by atoms with Crippen molar-refractivity contribution in [2.24, 2.45) is 0 Å². The molecule has 4 rings (SSSR count).